The molecule has 6 heteroatoms. The predicted octanol–water partition coefficient (Wildman–Crippen LogP) is 5.95. The predicted molar refractivity (Wildman–Crippen MR) is 118 cm³/mol. The number of rotatable bonds is 2. The highest BCUT2D eigenvalue weighted by Crippen LogP contribution is 2.41. The first-order valence-corrected chi connectivity index (χ1v) is 10.2. The van der Waals surface area contributed by atoms with Gasteiger partial charge in [-0.05, 0) is 73.0 Å². The van der Waals surface area contributed by atoms with Gasteiger partial charge in [0.1, 0.15) is 11.4 Å². The maximum Gasteiger partial charge on any atom is 0.295 e. The minimum absolute atomic E-state index is 0.00458. The number of halogens is 2. The van der Waals surface area contributed by atoms with E-state index in [1.165, 1.54) is 17.0 Å². The number of benzene rings is 3. The van der Waals surface area contributed by atoms with Crippen molar-refractivity contribution in [1.29, 1.82) is 0 Å². The first kappa shape index (κ1) is 19.5. The van der Waals surface area contributed by atoms with Crippen LogP contribution in [0, 0.1) is 19.7 Å². The summed E-state index contributed by atoms with van der Waals surface area (Å²) in [4.78, 5) is 28.5. The summed E-state index contributed by atoms with van der Waals surface area (Å²) in [7, 11) is 0. The summed E-state index contributed by atoms with van der Waals surface area (Å²) in [6.45, 7) is 3.84. The van der Waals surface area contributed by atoms with Gasteiger partial charge in [-0.2, -0.15) is 0 Å². The van der Waals surface area contributed by atoms with Crippen LogP contribution in [0.5, 0.6) is 0 Å². The molecule has 1 amide bonds. The largest absolute Gasteiger partial charge is 0.450 e. The fourth-order valence-corrected chi connectivity index (χ4v) is 4.27. The van der Waals surface area contributed by atoms with Crippen molar-refractivity contribution in [1.82, 2.24) is 0 Å². The van der Waals surface area contributed by atoms with Crippen molar-refractivity contribution < 1.29 is 13.6 Å². The van der Waals surface area contributed by atoms with E-state index in [1.807, 2.05) is 13.8 Å². The molecule has 0 fully saturated rings. The van der Waals surface area contributed by atoms with Gasteiger partial charge < -0.3 is 4.42 Å². The van der Waals surface area contributed by atoms with Crippen LogP contribution in [0.15, 0.2) is 69.9 Å². The lowest BCUT2D eigenvalue weighted by atomic mass is 9.97. The summed E-state index contributed by atoms with van der Waals surface area (Å²) in [5.74, 6) is -0.849. The van der Waals surface area contributed by atoms with Crippen molar-refractivity contribution in [2.75, 3.05) is 4.90 Å². The molecule has 0 saturated heterocycles. The molecule has 0 saturated carbocycles. The van der Waals surface area contributed by atoms with E-state index in [2.05, 4.69) is 0 Å². The Morgan fingerprint density at radius 3 is 2.39 bits per heavy atom. The molecular formula is C25H17ClFNO3. The maximum absolute atomic E-state index is 13.6. The molecular weight excluding hydrogens is 417 g/mol. The summed E-state index contributed by atoms with van der Waals surface area (Å²) < 4.78 is 19.6. The fourth-order valence-electron chi connectivity index (χ4n) is 4.08. The third-order valence-corrected chi connectivity index (χ3v) is 5.99. The van der Waals surface area contributed by atoms with Crippen molar-refractivity contribution >= 4 is 34.2 Å². The Balaban J connectivity index is 1.83. The highest BCUT2D eigenvalue weighted by Gasteiger charge is 2.43. The van der Waals surface area contributed by atoms with Gasteiger partial charge in [-0.25, -0.2) is 4.39 Å². The van der Waals surface area contributed by atoms with Crippen LogP contribution < -0.4 is 10.3 Å². The molecule has 0 spiro atoms. The number of anilines is 1. The fraction of sp³-hybridized carbons (Fsp3) is 0.120. The molecule has 3 aromatic carbocycles. The highest BCUT2D eigenvalue weighted by atomic mass is 35.5. The van der Waals surface area contributed by atoms with Crippen LogP contribution in [0.2, 0.25) is 5.02 Å². The first-order chi connectivity index (χ1) is 14.8. The Labute approximate surface area is 182 Å². The molecule has 0 bridgehead atoms. The van der Waals surface area contributed by atoms with Gasteiger partial charge in [-0.1, -0.05) is 29.8 Å². The SMILES string of the molecule is Cc1cc2oc3c(c(=O)c2cc1C)[C@@H](c1ccc(F)cc1)N(c1cccc(Cl)c1)C3=O. The standard InChI is InChI=1S/C25H17ClFNO3/c1-13-10-19-20(11-14(13)2)31-24-21(23(19)29)22(15-6-8-17(27)9-7-15)28(25(24)30)18-5-3-4-16(26)12-18/h3-12,22H,1-2H3/t22-/m1/s1. The van der Waals surface area contributed by atoms with Gasteiger partial charge in [0.05, 0.1) is 17.0 Å². The number of carbonyl (C=O) groups excluding carboxylic acids is 1. The zero-order valence-electron chi connectivity index (χ0n) is 16.8. The van der Waals surface area contributed by atoms with Gasteiger partial charge in [-0.15, -0.1) is 0 Å². The second kappa shape index (κ2) is 7.06. The summed E-state index contributed by atoms with van der Waals surface area (Å²) in [5, 5.41) is 0.865. The lowest BCUT2D eigenvalue weighted by molar-refractivity contribution is 0.0971. The Morgan fingerprint density at radius 1 is 0.968 bits per heavy atom. The van der Waals surface area contributed by atoms with Gasteiger partial charge in [0, 0.05) is 10.7 Å². The second-order valence-corrected chi connectivity index (χ2v) is 8.15. The number of fused-ring (bicyclic) bond motifs is 2. The van der Waals surface area contributed by atoms with Crippen molar-refractivity contribution in [3.8, 4) is 0 Å². The van der Waals surface area contributed by atoms with Crippen LogP contribution in [0.4, 0.5) is 10.1 Å². The number of amides is 1. The minimum Gasteiger partial charge on any atom is -0.450 e. The van der Waals surface area contributed by atoms with Crippen LogP contribution >= 0.6 is 11.6 Å². The lowest BCUT2D eigenvalue weighted by Crippen LogP contribution is -2.29. The molecule has 1 aliphatic heterocycles. The van der Waals surface area contributed by atoms with Crippen LogP contribution in [0.25, 0.3) is 11.0 Å². The van der Waals surface area contributed by atoms with E-state index in [9.17, 15) is 14.0 Å². The summed E-state index contributed by atoms with van der Waals surface area (Å²) >= 11 is 6.18. The molecule has 0 aliphatic carbocycles. The van der Waals surface area contributed by atoms with Crippen LogP contribution in [0.3, 0.4) is 0 Å². The van der Waals surface area contributed by atoms with E-state index in [1.54, 1.807) is 48.5 Å². The quantitative estimate of drug-likeness (QED) is 0.392. The van der Waals surface area contributed by atoms with Crippen LogP contribution in [-0.4, -0.2) is 5.91 Å². The Kier molecular flexibility index (Phi) is 4.45. The van der Waals surface area contributed by atoms with Gasteiger partial charge in [0.2, 0.25) is 5.76 Å². The van der Waals surface area contributed by atoms with E-state index in [4.69, 9.17) is 16.0 Å². The number of aryl methyl sites for hydroxylation is 2. The van der Waals surface area contributed by atoms with E-state index in [0.29, 0.717) is 27.2 Å². The topological polar surface area (TPSA) is 50.5 Å². The Morgan fingerprint density at radius 2 is 1.68 bits per heavy atom. The van der Waals surface area contributed by atoms with Gasteiger partial charge >= 0.3 is 0 Å². The monoisotopic (exact) mass is 433 g/mol. The molecule has 0 unspecified atom stereocenters. The van der Waals surface area contributed by atoms with Gasteiger partial charge in [-0.3, -0.25) is 14.5 Å². The number of hydrogen-bond acceptors (Lipinski definition) is 3. The summed E-state index contributed by atoms with van der Waals surface area (Å²) in [6, 6.07) is 15.4. The van der Waals surface area contributed by atoms with Crippen molar-refractivity contribution in [3.05, 3.63) is 110 Å². The van der Waals surface area contributed by atoms with Gasteiger partial charge in [0.15, 0.2) is 5.43 Å². The molecule has 1 aromatic heterocycles. The molecule has 154 valence electrons. The van der Waals surface area contributed by atoms with E-state index in [-0.39, 0.29) is 16.8 Å². The van der Waals surface area contributed by atoms with E-state index in [0.717, 1.165) is 11.1 Å². The van der Waals surface area contributed by atoms with Gasteiger partial charge in [0.25, 0.3) is 5.91 Å². The minimum atomic E-state index is -0.760. The van der Waals surface area contributed by atoms with Crippen molar-refractivity contribution in [2.24, 2.45) is 0 Å². The average Bonchev–Trinajstić information content (AvgIpc) is 3.03. The second-order valence-electron chi connectivity index (χ2n) is 7.72. The third kappa shape index (κ3) is 3.04. The molecule has 31 heavy (non-hydrogen) atoms. The van der Waals surface area contributed by atoms with Crippen molar-refractivity contribution in [2.45, 2.75) is 19.9 Å². The maximum atomic E-state index is 13.6. The zero-order valence-corrected chi connectivity index (χ0v) is 17.5. The molecule has 4 nitrogen and oxygen atoms in total. The third-order valence-electron chi connectivity index (χ3n) is 5.76. The van der Waals surface area contributed by atoms with Crippen LogP contribution in [0.1, 0.15) is 38.9 Å². The van der Waals surface area contributed by atoms with E-state index < -0.39 is 17.8 Å². The Bertz CT molecular complexity index is 1430. The normalized spacial score (nSPS) is 15.5. The Hall–Kier alpha value is -3.44. The number of hydrogen-bond donors (Lipinski definition) is 0. The van der Waals surface area contributed by atoms with Crippen molar-refractivity contribution in [3.63, 3.8) is 0 Å². The molecule has 1 aliphatic rings. The molecule has 0 N–H and O–H groups in total. The molecule has 2 heterocycles. The van der Waals surface area contributed by atoms with Crippen LogP contribution in [-0.2, 0) is 0 Å². The zero-order chi connectivity index (χ0) is 21.9. The average molecular weight is 434 g/mol. The molecule has 4 aromatic rings. The molecule has 5 rings (SSSR count). The lowest BCUT2D eigenvalue weighted by Gasteiger charge is -2.25. The first-order valence-electron chi connectivity index (χ1n) is 9.77. The summed E-state index contributed by atoms with van der Waals surface area (Å²) in [6.07, 6.45) is 0. The number of carbonyl (C=O) groups is 1. The van der Waals surface area contributed by atoms with E-state index >= 15 is 0 Å². The smallest absolute Gasteiger partial charge is 0.295 e. The summed E-state index contributed by atoms with van der Waals surface area (Å²) in [5.41, 5.74) is 3.37. The molecule has 0 radical (unpaired) electrons. The molecule has 1 atom stereocenters. The highest BCUT2D eigenvalue weighted by molar-refractivity contribution is 6.31. The number of nitrogens with zero attached hydrogens (tertiary/aromatic N) is 1.